The van der Waals surface area contributed by atoms with E-state index >= 15 is 0 Å². The second kappa shape index (κ2) is 8.44. The van der Waals surface area contributed by atoms with Crippen LogP contribution in [-0.4, -0.2) is 47.6 Å². The summed E-state index contributed by atoms with van der Waals surface area (Å²) in [5.41, 5.74) is 6.10. The number of morpholine rings is 1. The van der Waals surface area contributed by atoms with Crippen molar-refractivity contribution in [3.63, 3.8) is 0 Å². The van der Waals surface area contributed by atoms with Crippen molar-refractivity contribution >= 4 is 16.8 Å². The van der Waals surface area contributed by atoms with Gasteiger partial charge in [0.05, 0.1) is 24.6 Å². The van der Waals surface area contributed by atoms with E-state index in [1.807, 2.05) is 0 Å². The van der Waals surface area contributed by atoms with Gasteiger partial charge in [-0.05, 0) is 51.3 Å². The van der Waals surface area contributed by atoms with E-state index in [0.29, 0.717) is 25.6 Å². The third kappa shape index (κ3) is 4.53. The van der Waals surface area contributed by atoms with E-state index in [1.165, 1.54) is 22.2 Å². The van der Waals surface area contributed by atoms with Crippen molar-refractivity contribution in [3.8, 4) is 0 Å². The van der Waals surface area contributed by atoms with Crippen molar-refractivity contribution in [2.75, 3.05) is 19.7 Å². The first-order valence-corrected chi connectivity index (χ1v) is 10.1. The fraction of sp³-hybridized carbons (Fsp3) is 0.591. The Bertz CT molecular complexity index is 809. The lowest BCUT2D eigenvalue weighted by molar-refractivity contribution is -0.126. The molecule has 1 aromatic heterocycles. The van der Waals surface area contributed by atoms with Gasteiger partial charge in [0.2, 0.25) is 5.91 Å². The van der Waals surface area contributed by atoms with Crippen LogP contribution in [0.25, 0.3) is 10.9 Å². The quantitative estimate of drug-likeness (QED) is 0.818. The second-order valence-electron chi connectivity index (χ2n) is 7.99. The largest absolute Gasteiger partial charge is 0.375 e. The number of hydrogen-bond acceptors (Lipinski definition) is 3. The van der Waals surface area contributed by atoms with Crippen LogP contribution in [0.2, 0.25) is 0 Å². The Morgan fingerprint density at radius 3 is 2.85 bits per heavy atom. The zero-order chi connectivity index (χ0) is 19.6. The summed E-state index contributed by atoms with van der Waals surface area (Å²) in [7, 11) is 0. The molecule has 0 aliphatic carbocycles. The van der Waals surface area contributed by atoms with Gasteiger partial charge in [0, 0.05) is 36.8 Å². The van der Waals surface area contributed by atoms with Gasteiger partial charge in [-0.25, -0.2) is 0 Å². The van der Waals surface area contributed by atoms with Crippen LogP contribution in [0.15, 0.2) is 12.1 Å². The van der Waals surface area contributed by atoms with Crippen LogP contribution in [0.4, 0.5) is 0 Å². The Hall–Kier alpha value is -1.85. The molecule has 0 bridgehead atoms. The molecular weight excluding hydrogens is 338 g/mol. The molecule has 1 saturated heterocycles. The van der Waals surface area contributed by atoms with Crippen LogP contribution < -0.4 is 5.32 Å². The third-order valence-corrected chi connectivity index (χ3v) is 5.64. The Morgan fingerprint density at radius 2 is 2.15 bits per heavy atom. The van der Waals surface area contributed by atoms with Crippen molar-refractivity contribution < 1.29 is 9.53 Å². The molecule has 1 aliphatic rings. The number of nitrogens with zero attached hydrogens (tertiary/aromatic N) is 1. The highest BCUT2D eigenvalue weighted by Crippen LogP contribution is 2.26. The fourth-order valence-corrected chi connectivity index (χ4v) is 4.01. The maximum Gasteiger partial charge on any atom is 0.222 e. The van der Waals surface area contributed by atoms with Gasteiger partial charge in [-0.15, -0.1) is 0 Å². The highest BCUT2D eigenvalue weighted by atomic mass is 16.5. The standard InChI is InChI=1S/C22H33N3O2/c1-6-20-16(5)19-10-15(4)9-17(22(19)24-20)12-23-21(26)11-18-13-25(14(2)3)7-8-27-18/h9-10,14,18,24H,6-8,11-13H2,1-5H3,(H,23,26)/t18-/m1/s1. The molecule has 5 heteroatoms. The molecule has 3 rings (SSSR count). The number of fused-ring (bicyclic) bond motifs is 1. The average Bonchev–Trinajstić information content (AvgIpc) is 2.96. The Labute approximate surface area is 162 Å². The number of H-pyrrole nitrogens is 1. The molecule has 2 N–H and O–H groups in total. The lowest BCUT2D eigenvalue weighted by atomic mass is 10.0. The number of rotatable bonds is 6. The lowest BCUT2D eigenvalue weighted by Crippen LogP contribution is -2.47. The average molecular weight is 372 g/mol. The van der Waals surface area contributed by atoms with Crippen LogP contribution in [0.5, 0.6) is 0 Å². The SMILES string of the molecule is CCc1[nH]c2c(CNC(=O)C[C@@H]3CN(C(C)C)CCO3)cc(C)cc2c1C. The van der Waals surface area contributed by atoms with Gasteiger partial charge < -0.3 is 15.0 Å². The van der Waals surface area contributed by atoms with Crippen molar-refractivity contribution in [1.82, 2.24) is 15.2 Å². The van der Waals surface area contributed by atoms with Crippen LogP contribution in [0.3, 0.4) is 0 Å². The summed E-state index contributed by atoms with van der Waals surface area (Å²) in [4.78, 5) is 18.4. The smallest absolute Gasteiger partial charge is 0.222 e. The first kappa shape index (κ1) is 19.9. The number of benzene rings is 1. The minimum absolute atomic E-state index is 0.0156. The van der Waals surface area contributed by atoms with E-state index in [4.69, 9.17) is 4.74 Å². The van der Waals surface area contributed by atoms with E-state index in [9.17, 15) is 4.79 Å². The monoisotopic (exact) mass is 371 g/mol. The summed E-state index contributed by atoms with van der Waals surface area (Å²) in [6, 6.07) is 4.88. The Morgan fingerprint density at radius 1 is 1.37 bits per heavy atom. The lowest BCUT2D eigenvalue weighted by Gasteiger charge is -2.35. The van der Waals surface area contributed by atoms with E-state index < -0.39 is 0 Å². The van der Waals surface area contributed by atoms with Crippen molar-refractivity contribution in [2.45, 2.75) is 66.2 Å². The minimum Gasteiger partial charge on any atom is -0.375 e. The fourth-order valence-electron chi connectivity index (χ4n) is 4.01. The molecule has 2 aromatic rings. The molecule has 0 radical (unpaired) electrons. The minimum atomic E-state index is -0.0156. The number of hydrogen-bond donors (Lipinski definition) is 2. The van der Waals surface area contributed by atoms with Gasteiger partial charge in [-0.3, -0.25) is 9.69 Å². The van der Waals surface area contributed by atoms with Crippen LogP contribution in [0, 0.1) is 13.8 Å². The molecule has 27 heavy (non-hydrogen) atoms. The van der Waals surface area contributed by atoms with Gasteiger partial charge in [0.1, 0.15) is 0 Å². The number of ether oxygens (including phenoxy) is 1. The van der Waals surface area contributed by atoms with Gasteiger partial charge in [0.25, 0.3) is 0 Å². The number of aromatic nitrogens is 1. The van der Waals surface area contributed by atoms with Gasteiger partial charge in [0.15, 0.2) is 0 Å². The molecule has 0 spiro atoms. The first-order valence-electron chi connectivity index (χ1n) is 10.1. The summed E-state index contributed by atoms with van der Waals surface area (Å²) < 4.78 is 5.80. The maximum atomic E-state index is 12.5. The molecule has 1 fully saturated rings. The molecule has 148 valence electrons. The maximum absolute atomic E-state index is 12.5. The number of aryl methyl sites for hydroxylation is 3. The highest BCUT2D eigenvalue weighted by Gasteiger charge is 2.24. The zero-order valence-corrected chi connectivity index (χ0v) is 17.3. The summed E-state index contributed by atoms with van der Waals surface area (Å²) in [6.45, 7) is 13.8. The van der Waals surface area contributed by atoms with Crippen LogP contribution in [0.1, 0.15) is 49.6 Å². The van der Waals surface area contributed by atoms with Gasteiger partial charge in [-0.2, -0.15) is 0 Å². The highest BCUT2D eigenvalue weighted by molar-refractivity contribution is 5.88. The summed E-state index contributed by atoms with van der Waals surface area (Å²) in [5, 5.41) is 4.36. The van der Waals surface area contributed by atoms with Crippen molar-refractivity contribution in [1.29, 1.82) is 0 Å². The van der Waals surface area contributed by atoms with Crippen molar-refractivity contribution in [3.05, 3.63) is 34.5 Å². The molecule has 1 aliphatic heterocycles. The van der Waals surface area contributed by atoms with Crippen LogP contribution in [-0.2, 0) is 22.5 Å². The van der Waals surface area contributed by atoms with E-state index in [2.05, 4.69) is 62.0 Å². The number of nitrogens with one attached hydrogen (secondary N) is 2. The molecule has 1 aromatic carbocycles. The predicted molar refractivity (Wildman–Crippen MR) is 110 cm³/mol. The molecule has 2 heterocycles. The topological polar surface area (TPSA) is 57.4 Å². The summed E-state index contributed by atoms with van der Waals surface area (Å²) in [6.07, 6.45) is 1.39. The number of aromatic amines is 1. The van der Waals surface area contributed by atoms with Crippen LogP contribution >= 0.6 is 0 Å². The van der Waals surface area contributed by atoms with E-state index in [-0.39, 0.29) is 12.0 Å². The Kier molecular flexibility index (Phi) is 6.22. The van der Waals surface area contributed by atoms with Gasteiger partial charge >= 0.3 is 0 Å². The number of amides is 1. The Balaban J connectivity index is 1.65. The first-order chi connectivity index (χ1) is 12.9. The third-order valence-electron chi connectivity index (χ3n) is 5.64. The molecule has 0 saturated carbocycles. The predicted octanol–water partition coefficient (Wildman–Crippen LogP) is 3.46. The molecule has 1 atom stereocenters. The molecule has 5 nitrogen and oxygen atoms in total. The zero-order valence-electron chi connectivity index (χ0n) is 17.3. The summed E-state index contributed by atoms with van der Waals surface area (Å²) in [5.74, 6) is 0.0549. The number of carbonyl (C=O) groups excluding carboxylic acids is 1. The summed E-state index contributed by atoms with van der Waals surface area (Å²) >= 11 is 0. The molecule has 1 amide bonds. The normalized spacial score (nSPS) is 18.4. The number of carbonyl (C=O) groups is 1. The van der Waals surface area contributed by atoms with E-state index in [1.54, 1.807) is 0 Å². The van der Waals surface area contributed by atoms with Gasteiger partial charge in [-0.1, -0.05) is 18.6 Å². The second-order valence-corrected chi connectivity index (χ2v) is 7.99. The van der Waals surface area contributed by atoms with E-state index in [0.717, 1.165) is 30.6 Å². The molecule has 0 unspecified atom stereocenters. The molecular formula is C22H33N3O2. The van der Waals surface area contributed by atoms with Crippen molar-refractivity contribution in [2.24, 2.45) is 0 Å².